The van der Waals surface area contributed by atoms with Crippen LogP contribution in [-0.4, -0.2) is 24.8 Å². The fraction of sp³-hybridized carbons (Fsp3) is 0.481. The smallest absolute Gasteiger partial charge is 0.346 e. The largest absolute Gasteiger partial charge is 0.416 e. The Morgan fingerprint density at radius 1 is 1.08 bits per heavy atom. The van der Waals surface area contributed by atoms with Crippen LogP contribution in [0.15, 0.2) is 47.4 Å². The van der Waals surface area contributed by atoms with E-state index in [-0.39, 0.29) is 25.1 Å². The molecular formula is C27H29F3N3OPS. The van der Waals surface area contributed by atoms with E-state index >= 15 is 0 Å². The first-order chi connectivity index (χ1) is 17.0. The molecule has 9 heteroatoms. The summed E-state index contributed by atoms with van der Waals surface area (Å²) in [4.78, 5) is 14.4. The average molecular weight is 532 g/mol. The second-order valence-electron chi connectivity index (χ2n) is 10.9. The number of benzene rings is 2. The van der Waals surface area contributed by atoms with Crippen LogP contribution < -0.4 is 15.3 Å². The average Bonchev–Trinajstić information content (AvgIpc) is 2.81. The number of alkyl halides is 3. The van der Waals surface area contributed by atoms with E-state index in [0.717, 1.165) is 49.1 Å². The fourth-order valence-corrected chi connectivity index (χ4v) is 8.19. The van der Waals surface area contributed by atoms with Crippen molar-refractivity contribution in [1.29, 1.82) is 5.26 Å². The monoisotopic (exact) mass is 531 g/mol. The summed E-state index contributed by atoms with van der Waals surface area (Å²) in [5, 5.41) is 14.3. The lowest BCUT2D eigenvalue weighted by Crippen LogP contribution is -2.62. The van der Waals surface area contributed by atoms with Crippen LogP contribution in [0.1, 0.15) is 54.4 Å². The molecule has 4 fully saturated rings. The predicted molar refractivity (Wildman–Crippen MR) is 139 cm³/mol. The fourth-order valence-electron chi connectivity index (χ4n) is 6.78. The zero-order valence-electron chi connectivity index (χ0n) is 20.3. The Kier molecular flexibility index (Phi) is 6.54. The molecule has 0 spiro atoms. The van der Waals surface area contributed by atoms with Gasteiger partial charge < -0.3 is 10.0 Å². The number of rotatable bonds is 6. The zero-order chi connectivity index (χ0) is 25.7. The van der Waals surface area contributed by atoms with Crippen LogP contribution in [0.4, 0.5) is 18.9 Å². The second kappa shape index (κ2) is 9.26. The van der Waals surface area contributed by atoms with Crippen molar-refractivity contribution >= 4 is 36.8 Å². The van der Waals surface area contributed by atoms with Crippen LogP contribution in [0.25, 0.3) is 0 Å². The first kappa shape index (κ1) is 25.4. The summed E-state index contributed by atoms with van der Waals surface area (Å²) in [6.45, 7) is 4.32. The number of halogens is 3. The maximum atomic E-state index is 13.5. The standard InChI is InChI=1S/C27H29F3N3OPS/c1-35(2)20-4-6-21(7-5-20)36-33-23-10-19(27(28,29)30)3-8-22(23)24(34)32-26-13-17-9-18(14-26)12-25(11-17,15-26)16-31/h3-8,10,17-18,33H,9,11-15H2,1-2H3,(H,32,34). The first-order valence-corrected chi connectivity index (χ1v) is 15.2. The zero-order valence-corrected chi connectivity index (χ0v) is 22.0. The topological polar surface area (TPSA) is 64.9 Å². The van der Waals surface area contributed by atoms with Crippen molar-refractivity contribution in [3.63, 3.8) is 0 Å². The first-order valence-electron chi connectivity index (χ1n) is 12.2. The van der Waals surface area contributed by atoms with Crippen LogP contribution in [-0.2, 0) is 6.18 Å². The molecule has 2 atom stereocenters. The highest BCUT2D eigenvalue weighted by Gasteiger charge is 2.58. The van der Waals surface area contributed by atoms with Gasteiger partial charge in [-0.2, -0.15) is 18.4 Å². The minimum atomic E-state index is -4.52. The van der Waals surface area contributed by atoms with Gasteiger partial charge in [-0.05, 0) is 111 Å². The van der Waals surface area contributed by atoms with Crippen molar-refractivity contribution in [2.75, 3.05) is 18.1 Å². The lowest BCUT2D eigenvalue weighted by atomic mass is 9.47. The van der Waals surface area contributed by atoms with Gasteiger partial charge in [0.2, 0.25) is 0 Å². The molecule has 1 amide bonds. The van der Waals surface area contributed by atoms with Gasteiger partial charge in [-0.3, -0.25) is 4.79 Å². The van der Waals surface area contributed by atoms with E-state index in [0.29, 0.717) is 18.3 Å². The van der Waals surface area contributed by atoms with Gasteiger partial charge in [-0.15, -0.1) is 0 Å². The summed E-state index contributed by atoms with van der Waals surface area (Å²) >= 11 is 1.18. The lowest BCUT2D eigenvalue weighted by molar-refractivity contribution is -0.137. The Balaban J connectivity index is 1.39. The van der Waals surface area contributed by atoms with Crippen molar-refractivity contribution in [1.82, 2.24) is 5.32 Å². The molecule has 6 rings (SSSR count). The third-order valence-corrected chi connectivity index (χ3v) is 10.1. The molecule has 2 aromatic rings. The predicted octanol–water partition coefficient (Wildman–Crippen LogP) is 6.78. The number of anilines is 1. The van der Waals surface area contributed by atoms with Gasteiger partial charge in [-0.25, -0.2) is 0 Å². The molecule has 4 nitrogen and oxygen atoms in total. The van der Waals surface area contributed by atoms with E-state index in [9.17, 15) is 23.2 Å². The molecular weight excluding hydrogens is 502 g/mol. The van der Waals surface area contributed by atoms with Crippen molar-refractivity contribution in [3.8, 4) is 6.07 Å². The number of hydrogen-bond acceptors (Lipinski definition) is 4. The number of nitrogens with one attached hydrogen (secondary N) is 2. The molecule has 4 saturated carbocycles. The number of nitriles is 1. The van der Waals surface area contributed by atoms with Crippen LogP contribution in [0.5, 0.6) is 0 Å². The third kappa shape index (κ3) is 4.97. The SMILES string of the molecule is CP(C)c1ccc(SNc2cc(C(F)(F)F)ccc2C(=O)NC23CC4CC(CC(C#N)(C4)C2)C3)cc1. The van der Waals surface area contributed by atoms with Gasteiger partial charge in [0.1, 0.15) is 0 Å². The van der Waals surface area contributed by atoms with Crippen LogP contribution >= 0.6 is 19.9 Å². The van der Waals surface area contributed by atoms with E-state index in [1.807, 2.05) is 24.3 Å². The van der Waals surface area contributed by atoms with Gasteiger partial charge in [0.25, 0.3) is 5.91 Å². The third-order valence-electron chi connectivity index (χ3n) is 7.90. The molecule has 0 radical (unpaired) electrons. The van der Waals surface area contributed by atoms with Gasteiger partial charge in [0.15, 0.2) is 0 Å². The summed E-state index contributed by atoms with van der Waals surface area (Å²) in [6.07, 6.45) is 0.645. The van der Waals surface area contributed by atoms with E-state index < -0.39 is 22.7 Å². The quantitative estimate of drug-likeness (QED) is 0.319. The lowest BCUT2D eigenvalue weighted by Gasteiger charge is -2.59. The molecule has 0 aromatic heterocycles. The Morgan fingerprint density at radius 3 is 2.33 bits per heavy atom. The Labute approximate surface area is 215 Å². The minimum Gasteiger partial charge on any atom is -0.346 e. The summed E-state index contributed by atoms with van der Waals surface area (Å²) in [6, 6.07) is 13.7. The van der Waals surface area contributed by atoms with Crippen molar-refractivity contribution in [2.45, 2.75) is 55.1 Å². The molecule has 2 aromatic carbocycles. The minimum absolute atomic E-state index is 0.129. The number of carbonyl (C=O) groups is 1. The Hall–Kier alpha value is -2.23. The van der Waals surface area contributed by atoms with Crippen LogP contribution in [0, 0.1) is 28.6 Å². The number of amides is 1. The van der Waals surface area contributed by atoms with E-state index in [1.54, 1.807) is 0 Å². The van der Waals surface area contributed by atoms with Crippen molar-refractivity contribution in [2.24, 2.45) is 17.3 Å². The Morgan fingerprint density at radius 2 is 1.75 bits per heavy atom. The molecule has 4 aliphatic rings. The molecule has 0 heterocycles. The normalized spacial score (nSPS) is 28.7. The maximum absolute atomic E-state index is 13.5. The highest BCUT2D eigenvalue weighted by atomic mass is 32.2. The van der Waals surface area contributed by atoms with E-state index in [4.69, 9.17) is 0 Å². The number of hydrogen-bond donors (Lipinski definition) is 2. The highest BCUT2D eigenvalue weighted by molar-refractivity contribution is 8.00. The summed E-state index contributed by atoms with van der Waals surface area (Å²) in [5.41, 5.74) is -1.35. The number of carbonyl (C=O) groups excluding carboxylic acids is 1. The van der Waals surface area contributed by atoms with E-state index in [2.05, 4.69) is 29.4 Å². The van der Waals surface area contributed by atoms with Gasteiger partial charge >= 0.3 is 6.18 Å². The van der Waals surface area contributed by atoms with Gasteiger partial charge in [0, 0.05) is 10.4 Å². The van der Waals surface area contributed by atoms with E-state index in [1.165, 1.54) is 23.3 Å². The summed E-state index contributed by atoms with van der Waals surface area (Å²) in [5.74, 6) is 0.448. The van der Waals surface area contributed by atoms with Crippen LogP contribution in [0.3, 0.4) is 0 Å². The Bertz CT molecular complexity index is 1190. The van der Waals surface area contributed by atoms with Gasteiger partial charge in [-0.1, -0.05) is 20.1 Å². The van der Waals surface area contributed by atoms with Crippen LogP contribution in [0.2, 0.25) is 0 Å². The van der Waals surface area contributed by atoms with Gasteiger partial charge in [0.05, 0.1) is 28.3 Å². The molecule has 4 aliphatic carbocycles. The van der Waals surface area contributed by atoms with Crippen molar-refractivity contribution < 1.29 is 18.0 Å². The molecule has 2 N–H and O–H groups in total. The second-order valence-corrected chi connectivity index (χ2v) is 14.1. The van der Waals surface area contributed by atoms with Crippen molar-refractivity contribution in [3.05, 3.63) is 53.6 Å². The maximum Gasteiger partial charge on any atom is 0.416 e. The molecule has 4 bridgehead atoms. The highest BCUT2D eigenvalue weighted by Crippen LogP contribution is 2.61. The molecule has 2 unspecified atom stereocenters. The molecule has 0 saturated heterocycles. The molecule has 36 heavy (non-hydrogen) atoms. The summed E-state index contributed by atoms with van der Waals surface area (Å²) in [7, 11) is -0.239. The molecule has 190 valence electrons. The number of nitrogens with zero attached hydrogens (tertiary/aromatic N) is 1. The summed E-state index contributed by atoms with van der Waals surface area (Å²) < 4.78 is 43.5. The molecule has 0 aliphatic heterocycles.